The van der Waals surface area contributed by atoms with Crippen LogP contribution < -0.4 is 10.6 Å². The van der Waals surface area contributed by atoms with E-state index in [9.17, 15) is 35.5 Å². The van der Waals surface area contributed by atoms with E-state index in [-0.39, 0.29) is 12.1 Å². The van der Waals surface area contributed by atoms with Crippen LogP contribution in [0, 0.1) is 5.82 Å². The Kier molecular flexibility index (Phi) is 6.89. The van der Waals surface area contributed by atoms with Crippen LogP contribution in [0.25, 0.3) is 0 Å². The first-order valence-corrected chi connectivity index (χ1v) is 9.43. The quantitative estimate of drug-likeness (QED) is 0.459. The van der Waals surface area contributed by atoms with Gasteiger partial charge in [-0.15, -0.1) is 0 Å². The molecule has 0 radical (unpaired) electrons. The van der Waals surface area contributed by atoms with Crippen LogP contribution in [-0.4, -0.2) is 11.0 Å². The summed E-state index contributed by atoms with van der Waals surface area (Å²) in [7, 11) is 0. The van der Waals surface area contributed by atoms with E-state index in [4.69, 9.17) is 0 Å². The van der Waals surface area contributed by atoms with Crippen LogP contribution in [0.4, 0.5) is 35.5 Å². The van der Waals surface area contributed by atoms with Gasteiger partial charge in [-0.25, -0.2) is 9.18 Å². The number of hydrogen-bond acceptors (Lipinski definition) is 2. The Morgan fingerprint density at radius 3 is 2.09 bits per heavy atom. The Morgan fingerprint density at radius 2 is 1.52 bits per heavy atom. The minimum atomic E-state index is -4.82. The van der Waals surface area contributed by atoms with Gasteiger partial charge in [0, 0.05) is 12.7 Å². The van der Waals surface area contributed by atoms with Crippen molar-refractivity contribution in [2.24, 2.45) is 0 Å². The van der Waals surface area contributed by atoms with Gasteiger partial charge in [0.1, 0.15) is 5.82 Å². The summed E-state index contributed by atoms with van der Waals surface area (Å²) in [6.07, 6.45) is -8.38. The molecule has 0 saturated heterocycles. The average molecular weight is 471 g/mol. The highest BCUT2D eigenvalue weighted by molar-refractivity contribution is 5.75. The first-order valence-electron chi connectivity index (χ1n) is 9.43. The van der Waals surface area contributed by atoms with Gasteiger partial charge in [0.05, 0.1) is 22.9 Å². The number of pyridine rings is 1. The Balaban J connectivity index is 1.91. The summed E-state index contributed by atoms with van der Waals surface area (Å²) in [5.74, 6) is -0.486. The summed E-state index contributed by atoms with van der Waals surface area (Å²) in [5.41, 5.74) is -2.24. The second-order valence-corrected chi connectivity index (χ2v) is 6.94. The standard InChI is InChI=1S/C22H16F7N3O/c23-16-9-3-13(4-10-16)12-31-20(33)32-18(14-5-7-15(8-6-14)21(24,25)26)19-17(22(27,28)29)2-1-11-30-19/h1-11,18H,12H2,(H2,31,32,33). The molecular weight excluding hydrogens is 455 g/mol. The SMILES string of the molecule is O=C(NCc1ccc(F)cc1)NC(c1ccc(C(F)(F)F)cc1)c1ncccc1C(F)(F)F. The highest BCUT2D eigenvalue weighted by Crippen LogP contribution is 2.36. The smallest absolute Gasteiger partial charge is 0.334 e. The minimum Gasteiger partial charge on any atom is -0.334 e. The van der Waals surface area contributed by atoms with E-state index in [2.05, 4.69) is 15.6 Å². The van der Waals surface area contributed by atoms with Crippen LogP contribution in [0.3, 0.4) is 0 Å². The Hall–Kier alpha value is -3.63. The number of rotatable bonds is 5. The van der Waals surface area contributed by atoms with Crippen molar-refractivity contribution in [3.8, 4) is 0 Å². The van der Waals surface area contributed by atoms with Gasteiger partial charge in [0.25, 0.3) is 0 Å². The molecule has 0 aliphatic rings. The highest BCUT2D eigenvalue weighted by atomic mass is 19.4. The van der Waals surface area contributed by atoms with Crippen molar-refractivity contribution in [1.82, 2.24) is 15.6 Å². The van der Waals surface area contributed by atoms with Crippen molar-refractivity contribution in [3.63, 3.8) is 0 Å². The maximum absolute atomic E-state index is 13.5. The number of nitrogens with one attached hydrogen (secondary N) is 2. The third-order valence-corrected chi connectivity index (χ3v) is 4.63. The number of halogens is 7. The predicted molar refractivity (Wildman–Crippen MR) is 104 cm³/mol. The number of carbonyl (C=O) groups is 1. The molecule has 0 fully saturated rings. The number of carbonyl (C=O) groups excluding carboxylic acids is 1. The zero-order chi connectivity index (χ0) is 24.2. The van der Waals surface area contributed by atoms with E-state index < -0.39 is 47.1 Å². The summed E-state index contributed by atoms with van der Waals surface area (Å²) >= 11 is 0. The van der Waals surface area contributed by atoms with Crippen LogP contribution in [0.1, 0.15) is 34.0 Å². The first-order chi connectivity index (χ1) is 15.4. The van der Waals surface area contributed by atoms with Crippen molar-refractivity contribution in [2.45, 2.75) is 24.9 Å². The second-order valence-electron chi connectivity index (χ2n) is 6.94. The van der Waals surface area contributed by atoms with Crippen LogP contribution in [0.5, 0.6) is 0 Å². The largest absolute Gasteiger partial charge is 0.418 e. The first kappa shape index (κ1) is 24.0. The Morgan fingerprint density at radius 1 is 0.879 bits per heavy atom. The molecule has 4 nitrogen and oxygen atoms in total. The molecule has 2 aromatic carbocycles. The second kappa shape index (κ2) is 9.47. The number of hydrogen-bond donors (Lipinski definition) is 2. The van der Waals surface area contributed by atoms with Gasteiger partial charge < -0.3 is 10.6 Å². The maximum Gasteiger partial charge on any atom is 0.418 e. The maximum atomic E-state index is 13.5. The van der Waals surface area contributed by atoms with Gasteiger partial charge >= 0.3 is 18.4 Å². The predicted octanol–water partition coefficient (Wildman–Crippen LogP) is 5.85. The molecule has 2 N–H and O–H groups in total. The summed E-state index contributed by atoms with van der Waals surface area (Å²) in [6, 6.07) is 7.93. The highest BCUT2D eigenvalue weighted by Gasteiger charge is 2.37. The molecule has 0 aliphatic heterocycles. The van der Waals surface area contributed by atoms with Crippen molar-refractivity contribution < 1.29 is 35.5 Å². The number of aromatic nitrogens is 1. The molecule has 1 aromatic heterocycles. The molecule has 3 aromatic rings. The molecule has 174 valence electrons. The van der Waals surface area contributed by atoms with Gasteiger partial charge in [-0.1, -0.05) is 24.3 Å². The molecule has 1 atom stereocenters. The third-order valence-electron chi connectivity index (χ3n) is 4.63. The fraction of sp³-hybridized carbons (Fsp3) is 0.182. The normalized spacial score (nSPS) is 12.8. The molecule has 33 heavy (non-hydrogen) atoms. The Labute approximate surface area is 183 Å². The molecule has 1 heterocycles. The van der Waals surface area contributed by atoms with Crippen molar-refractivity contribution >= 4 is 6.03 Å². The molecule has 0 aliphatic carbocycles. The lowest BCUT2D eigenvalue weighted by Gasteiger charge is -2.23. The van der Waals surface area contributed by atoms with Crippen molar-refractivity contribution in [3.05, 3.63) is 101 Å². The van der Waals surface area contributed by atoms with Crippen molar-refractivity contribution in [2.75, 3.05) is 0 Å². The van der Waals surface area contributed by atoms with Crippen LogP contribution >= 0.6 is 0 Å². The number of alkyl halides is 6. The van der Waals surface area contributed by atoms with E-state index >= 15 is 0 Å². The van der Waals surface area contributed by atoms with Crippen LogP contribution in [0.2, 0.25) is 0 Å². The number of amides is 2. The zero-order valence-electron chi connectivity index (χ0n) is 16.6. The Bertz CT molecular complexity index is 1090. The molecular formula is C22H16F7N3O. The lowest BCUT2D eigenvalue weighted by atomic mass is 9.98. The van der Waals surface area contributed by atoms with Gasteiger partial charge in [0.2, 0.25) is 0 Å². The average Bonchev–Trinajstić information content (AvgIpc) is 2.76. The molecule has 0 bridgehead atoms. The van der Waals surface area contributed by atoms with E-state index in [1.54, 1.807) is 0 Å². The van der Waals surface area contributed by atoms with E-state index in [0.29, 0.717) is 17.7 Å². The van der Waals surface area contributed by atoms with Crippen LogP contribution in [-0.2, 0) is 18.9 Å². The van der Waals surface area contributed by atoms with Gasteiger partial charge in [-0.05, 0) is 47.5 Å². The molecule has 0 saturated carbocycles. The number of benzene rings is 2. The molecule has 2 amide bonds. The van der Waals surface area contributed by atoms with Gasteiger partial charge in [-0.2, -0.15) is 26.3 Å². The lowest BCUT2D eigenvalue weighted by molar-refractivity contribution is -0.139. The van der Waals surface area contributed by atoms with Gasteiger partial charge in [-0.3, -0.25) is 4.98 Å². The topological polar surface area (TPSA) is 54.0 Å². The van der Waals surface area contributed by atoms with Crippen LogP contribution in [0.15, 0.2) is 66.9 Å². The monoisotopic (exact) mass is 471 g/mol. The summed E-state index contributed by atoms with van der Waals surface area (Å²) < 4.78 is 92.3. The van der Waals surface area contributed by atoms with E-state index in [1.807, 2.05) is 0 Å². The number of nitrogens with zero attached hydrogens (tertiary/aromatic N) is 1. The van der Waals surface area contributed by atoms with Gasteiger partial charge in [0.15, 0.2) is 0 Å². The fourth-order valence-electron chi connectivity index (χ4n) is 3.03. The molecule has 3 rings (SSSR count). The minimum absolute atomic E-state index is 0.0378. The molecule has 1 unspecified atom stereocenters. The molecule has 0 spiro atoms. The summed E-state index contributed by atoms with van der Waals surface area (Å²) in [4.78, 5) is 16.2. The molecule has 11 heteroatoms. The summed E-state index contributed by atoms with van der Waals surface area (Å²) in [6.45, 7) is -0.0693. The van der Waals surface area contributed by atoms with E-state index in [0.717, 1.165) is 30.5 Å². The van der Waals surface area contributed by atoms with Crippen molar-refractivity contribution in [1.29, 1.82) is 0 Å². The van der Waals surface area contributed by atoms with E-state index in [1.165, 1.54) is 24.3 Å². The third kappa shape index (κ3) is 6.21. The lowest BCUT2D eigenvalue weighted by Crippen LogP contribution is -2.39. The summed E-state index contributed by atoms with van der Waals surface area (Å²) in [5, 5.41) is 4.75. The fourth-order valence-corrected chi connectivity index (χ4v) is 3.03. The zero-order valence-corrected chi connectivity index (χ0v) is 16.6. The number of urea groups is 1.